The van der Waals surface area contributed by atoms with Gasteiger partial charge in [0, 0.05) is 10.7 Å². The summed E-state index contributed by atoms with van der Waals surface area (Å²) in [4.78, 5) is 43.2. The van der Waals surface area contributed by atoms with E-state index in [0.717, 1.165) is 16.9 Å². The van der Waals surface area contributed by atoms with Gasteiger partial charge in [-0.1, -0.05) is 58.4 Å². The number of carboxylic acid groups (broad SMARTS) is 1. The largest absolute Gasteiger partial charge is 0.477 e. The molecule has 0 saturated carbocycles. The van der Waals surface area contributed by atoms with Crippen LogP contribution in [0.1, 0.15) is 24.1 Å². The molecule has 2 aromatic rings. The first kappa shape index (κ1) is 23.1. The Bertz CT molecular complexity index is 1180. The van der Waals surface area contributed by atoms with Crippen LogP contribution >= 0.6 is 34.7 Å². The van der Waals surface area contributed by atoms with E-state index in [0.29, 0.717) is 23.5 Å². The van der Waals surface area contributed by atoms with Crippen molar-refractivity contribution < 1.29 is 24.7 Å². The number of halogens is 1. The van der Waals surface area contributed by atoms with E-state index in [1.54, 1.807) is 0 Å². The third-order valence-corrected chi connectivity index (χ3v) is 7.59. The highest BCUT2D eigenvalue weighted by Crippen LogP contribution is 2.41. The third-order valence-electron chi connectivity index (χ3n) is 5.28. The first-order chi connectivity index (χ1) is 15.8. The number of oxime groups is 1. The van der Waals surface area contributed by atoms with Gasteiger partial charge in [0.2, 0.25) is 0 Å². The Kier molecular flexibility index (Phi) is 6.58. The average Bonchev–Trinajstić information content (AvgIpc) is 3.13. The maximum absolute atomic E-state index is 12.8. The number of aromatic nitrogens is 1. The van der Waals surface area contributed by atoms with Crippen LogP contribution in [0, 0.1) is 0 Å². The van der Waals surface area contributed by atoms with Gasteiger partial charge >= 0.3 is 5.97 Å². The molecule has 13 heteroatoms. The number of hydrogen-bond donors (Lipinski definition) is 4. The van der Waals surface area contributed by atoms with E-state index in [9.17, 15) is 24.7 Å². The maximum atomic E-state index is 12.8. The van der Waals surface area contributed by atoms with E-state index in [1.165, 1.54) is 16.7 Å². The van der Waals surface area contributed by atoms with E-state index in [-0.39, 0.29) is 20.9 Å². The van der Waals surface area contributed by atoms with E-state index in [4.69, 9.17) is 17.3 Å². The van der Waals surface area contributed by atoms with Crippen molar-refractivity contribution in [2.24, 2.45) is 5.16 Å². The number of nitrogens with one attached hydrogen (secondary N) is 1. The number of hydrogen-bond acceptors (Lipinski definition) is 9. The normalized spacial score (nSPS) is 20.3. The number of carbonyl (C=O) groups is 3. The summed E-state index contributed by atoms with van der Waals surface area (Å²) in [6, 6.07) is 8.12. The number of allylic oxidation sites excluding steroid dienone is 1. The molecule has 3 heterocycles. The van der Waals surface area contributed by atoms with Crippen molar-refractivity contribution in [3.63, 3.8) is 0 Å². The van der Waals surface area contributed by atoms with Gasteiger partial charge in [-0.3, -0.25) is 14.5 Å². The molecule has 172 valence electrons. The van der Waals surface area contributed by atoms with E-state index in [1.807, 2.05) is 30.3 Å². The number of aliphatic carboxylic acids is 1. The summed E-state index contributed by atoms with van der Waals surface area (Å²) in [7, 11) is 0. The molecule has 0 radical (unpaired) electrons. The number of nitrogen functional groups attached to an aromatic ring is 1. The lowest BCUT2D eigenvalue weighted by molar-refractivity contribution is -0.155. The van der Waals surface area contributed by atoms with Crippen LogP contribution in [0.15, 0.2) is 46.1 Å². The smallest absolute Gasteiger partial charge is 0.353 e. The molecule has 1 aromatic heterocycles. The average molecular weight is 508 g/mol. The van der Waals surface area contributed by atoms with Crippen molar-refractivity contribution in [1.82, 2.24) is 15.2 Å². The molecule has 2 aliphatic rings. The number of carboxylic acids is 1. The number of rotatable bonds is 7. The molecule has 0 bridgehead atoms. The molecular formula is C20H18ClN5O5S2. The minimum atomic E-state index is -1.20. The Morgan fingerprint density at radius 3 is 2.70 bits per heavy atom. The summed E-state index contributed by atoms with van der Waals surface area (Å²) in [5.41, 5.74) is 5.97. The predicted molar refractivity (Wildman–Crippen MR) is 124 cm³/mol. The van der Waals surface area contributed by atoms with Crippen molar-refractivity contribution >= 4 is 63.3 Å². The zero-order valence-corrected chi connectivity index (χ0v) is 19.3. The van der Waals surface area contributed by atoms with Crippen molar-refractivity contribution in [3.05, 3.63) is 56.5 Å². The summed E-state index contributed by atoms with van der Waals surface area (Å²) in [5, 5.41) is 24.6. The van der Waals surface area contributed by atoms with Crippen LogP contribution in [0.5, 0.6) is 0 Å². The Balaban J connectivity index is 1.49. The molecule has 2 atom stereocenters. The Morgan fingerprint density at radius 1 is 1.36 bits per heavy atom. The highest BCUT2D eigenvalue weighted by atomic mass is 35.5. The van der Waals surface area contributed by atoms with E-state index in [2.05, 4.69) is 15.5 Å². The Labute approximate surface area is 201 Å². The molecule has 10 nitrogen and oxygen atoms in total. The topological polar surface area (TPSA) is 158 Å². The predicted octanol–water partition coefficient (Wildman–Crippen LogP) is 2.28. The SMILES string of the molecule is Nc1nc(/C(=N/O)C(=O)NC2C(=O)N3C(C(=O)O)=C(SCc4ccccc4)CCC23)c(Cl)s1. The van der Waals surface area contributed by atoms with Crippen LogP contribution in [0.3, 0.4) is 0 Å². The van der Waals surface area contributed by atoms with Crippen LogP contribution in [-0.4, -0.2) is 55.8 Å². The highest BCUT2D eigenvalue weighted by Gasteiger charge is 2.53. The van der Waals surface area contributed by atoms with Crippen LogP contribution in [0.25, 0.3) is 0 Å². The first-order valence-electron chi connectivity index (χ1n) is 9.73. The lowest BCUT2D eigenvalue weighted by Crippen LogP contribution is -2.72. The van der Waals surface area contributed by atoms with Crippen LogP contribution < -0.4 is 11.1 Å². The minimum Gasteiger partial charge on any atom is -0.477 e. The van der Waals surface area contributed by atoms with Gasteiger partial charge in [0.15, 0.2) is 10.8 Å². The zero-order valence-electron chi connectivity index (χ0n) is 16.9. The number of nitrogens with zero attached hydrogens (tertiary/aromatic N) is 3. The van der Waals surface area contributed by atoms with E-state index >= 15 is 0 Å². The number of fused-ring (bicyclic) bond motifs is 1. The molecule has 0 aliphatic carbocycles. The number of anilines is 1. The molecule has 33 heavy (non-hydrogen) atoms. The highest BCUT2D eigenvalue weighted by molar-refractivity contribution is 8.02. The monoisotopic (exact) mass is 507 g/mol. The molecule has 2 aliphatic heterocycles. The zero-order chi connectivity index (χ0) is 23.7. The minimum absolute atomic E-state index is 0.0610. The summed E-state index contributed by atoms with van der Waals surface area (Å²) < 4.78 is 0.0610. The van der Waals surface area contributed by atoms with Crippen molar-refractivity contribution in [2.75, 3.05) is 5.73 Å². The third kappa shape index (κ3) is 4.41. The number of nitrogens with two attached hydrogens (primary N) is 1. The second-order valence-electron chi connectivity index (χ2n) is 7.24. The van der Waals surface area contributed by atoms with Gasteiger partial charge in [-0.15, -0.1) is 11.8 Å². The van der Waals surface area contributed by atoms with Gasteiger partial charge in [0.1, 0.15) is 21.8 Å². The second kappa shape index (κ2) is 9.41. The second-order valence-corrected chi connectivity index (χ2v) is 9.94. The Morgan fingerprint density at radius 2 is 2.09 bits per heavy atom. The molecule has 1 fully saturated rings. The van der Waals surface area contributed by atoms with Gasteiger partial charge in [0.05, 0.1) is 6.04 Å². The molecule has 0 spiro atoms. The molecule has 2 amide bonds. The molecule has 2 unspecified atom stereocenters. The molecular weight excluding hydrogens is 490 g/mol. The number of amides is 2. The van der Waals surface area contributed by atoms with Crippen molar-refractivity contribution in [3.8, 4) is 0 Å². The quantitative estimate of drug-likeness (QED) is 0.192. The van der Waals surface area contributed by atoms with Gasteiger partial charge in [-0.2, -0.15) is 0 Å². The number of benzene rings is 1. The molecule has 5 N–H and O–H groups in total. The van der Waals surface area contributed by atoms with Crippen molar-refractivity contribution in [2.45, 2.75) is 30.7 Å². The van der Waals surface area contributed by atoms with Crippen LogP contribution in [0.2, 0.25) is 4.34 Å². The fourth-order valence-corrected chi connectivity index (χ4v) is 5.83. The first-order valence-corrected chi connectivity index (χ1v) is 11.9. The number of carbonyl (C=O) groups excluding carboxylic acids is 2. The fourth-order valence-electron chi connectivity index (χ4n) is 3.79. The number of thiazole rings is 1. The maximum Gasteiger partial charge on any atom is 0.353 e. The summed E-state index contributed by atoms with van der Waals surface area (Å²) in [6.07, 6.45) is 0.927. The van der Waals surface area contributed by atoms with Gasteiger partial charge < -0.3 is 21.4 Å². The molecule has 1 aromatic carbocycles. The summed E-state index contributed by atoms with van der Waals surface area (Å²) in [6.45, 7) is 0. The fraction of sp³-hybridized carbons (Fsp3) is 0.250. The lowest BCUT2D eigenvalue weighted by atomic mass is 9.86. The molecule has 1 saturated heterocycles. The number of thioether (sulfide) groups is 1. The van der Waals surface area contributed by atoms with Crippen LogP contribution in [0.4, 0.5) is 5.13 Å². The summed E-state index contributed by atoms with van der Waals surface area (Å²) >= 11 is 8.28. The van der Waals surface area contributed by atoms with Gasteiger partial charge in [-0.05, 0) is 18.4 Å². The Hall–Kier alpha value is -3.09. The summed E-state index contributed by atoms with van der Waals surface area (Å²) in [5.74, 6) is -2.04. The molecule has 4 rings (SSSR count). The van der Waals surface area contributed by atoms with Crippen LogP contribution in [-0.2, 0) is 20.1 Å². The van der Waals surface area contributed by atoms with Gasteiger partial charge in [-0.25, -0.2) is 9.78 Å². The lowest BCUT2D eigenvalue weighted by Gasteiger charge is -2.50. The standard InChI is InChI=1S/C20H18ClN5O5S2/c21-16-13(24-20(22)33-16)14(25-31)17(27)23-12-10-6-7-11(15(19(29)30)26(10)18(12)28)32-8-9-4-2-1-3-5-9/h1-5,10,12,31H,6-8H2,(H2,22,24)(H,23,27)(H,29,30)/b25-14-. The number of β-lactam (4-membered cyclic amide) rings is 1. The van der Waals surface area contributed by atoms with Crippen molar-refractivity contribution in [1.29, 1.82) is 0 Å². The van der Waals surface area contributed by atoms with Gasteiger partial charge in [0.25, 0.3) is 11.8 Å². The van der Waals surface area contributed by atoms with E-state index < -0.39 is 35.6 Å².